The van der Waals surface area contributed by atoms with Gasteiger partial charge in [0.15, 0.2) is 0 Å². The summed E-state index contributed by atoms with van der Waals surface area (Å²) in [5.74, 6) is 0.619. The maximum atomic E-state index is 8.97. The molecule has 4 heteroatoms. The molecule has 0 spiro atoms. The predicted octanol–water partition coefficient (Wildman–Crippen LogP) is 3.69. The van der Waals surface area contributed by atoms with Crippen molar-refractivity contribution >= 4 is 5.71 Å². The van der Waals surface area contributed by atoms with Crippen molar-refractivity contribution in [2.45, 2.75) is 12.8 Å². The van der Waals surface area contributed by atoms with Gasteiger partial charge in [-0.05, 0) is 36.6 Å². The van der Waals surface area contributed by atoms with Crippen molar-refractivity contribution in [2.24, 2.45) is 10.9 Å². The van der Waals surface area contributed by atoms with E-state index < -0.39 is 0 Å². The van der Waals surface area contributed by atoms with Gasteiger partial charge in [-0.1, -0.05) is 31.4 Å². The number of aryl methyl sites for hydroxylation is 1. The number of allylic oxidation sites excluding steroid dienone is 3. The maximum absolute atomic E-state index is 8.97. The van der Waals surface area contributed by atoms with Crippen LogP contribution in [0.2, 0.25) is 0 Å². The van der Waals surface area contributed by atoms with E-state index >= 15 is 0 Å². The van der Waals surface area contributed by atoms with Gasteiger partial charge in [-0.25, -0.2) is 0 Å². The number of nitriles is 2. The van der Waals surface area contributed by atoms with Crippen LogP contribution in [-0.4, -0.2) is 12.3 Å². The molecule has 2 rings (SSSR count). The van der Waals surface area contributed by atoms with Gasteiger partial charge in [0.25, 0.3) is 0 Å². The Labute approximate surface area is 136 Å². The molecule has 1 heterocycles. The molecule has 0 bridgehead atoms. The van der Waals surface area contributed by atoms with Crippen LogP contribution in [-0.2, 0) is 11.2 Å². The van der Waals surface area contributed by atoms with E-state index in [9.17, 15) is 0 Å². The van der Waals surface area contributed by atoms with Gasteiger partial charge in [0.1, 0.15) is 5.76 Å². The second kappa shape index (κ2) is 7.77. The fourth-order valence-corrected chi connectivity index (χ4v) is 2.63. The van der Waals surface area contributed by atoms with Gasteiger partial charge in [0.2, 0.25) is 6.19 Å². The van der Waals surface area contributed by atoms with Gasteiger partial charge < -0.3 is 4.74 Å². The zero-order valence-corrected chi connectivity index (χ0v) is 12.8. The van der Waals surface area contributed by atoms with E-state index in [2.05, 4.69) is 24.2 Å². The third kappa shape index (κ3) is 3.75. The fourth-order valence-electron chi connectivity index (χ4n) is 2.63. The topological polar surface area (TPSA) is 69.2 Å². The molecule has 4 nitrogen and oxygen atoms in total. The smallest absolute Gasteiger partial charge is 0.205 e. The minimum absolute atomic E-state index is 0.0112. The number of benzene rings is 1. The molecule has 1 aliphatic rings. The van der Waals surface area contributed by atoms with Crippen LogP contribution in [0.25, 0.3) is 0 Å². The summed E-state index contributed by atoms with van der Waals surface area (Å²) in [6.45, 7) is 7.95. The molecule has 114 valence electrons. The molecule has 1 aromatic rings. The van der Waals surface area contributed by atoms with Crippen LogP contribution in [0.1, 0.15) is 17.5 Å². The quantitative estimate of drug-likeness (QED) is 0.779. The molecular weight excluding hydrogens is 286 g/mol. The number of hydrogen-bond acceptors (Lipinski definition) is 4. The molecule has 1 unspecified atom stereocenters. The van der Waals surface area contributed by atoms with Crippen molar-refractivity contribution in [3.63, 3.8) is 0 Å². The third-order valence-corrected chi connectivity index (χ3v) is 3.77. The van der Waals surface area contributed by atoms with Crippen molar-refractivity contribution in [2.75, 3.05) is 6.61 Å². The second-order valence-electron chi connectivity index (χ2n) is 5.14. The standard InChI is InChI=1S/C19H17N3O/c1-3-17-18(4-2)23-12-16(19(17)22-13-21)9-8-14-6-5-7-15(10-14)11-20/h3-7,10,16H,1-2,8-9,12H2. The minimum Gasteiger partial charge on any atom is -0.492 e. The monoisotopic (exact) mass is 303 g/mol. The Balaban J connectivity index is 2.19. The second-order valence-corrected chi connectivity index (χ2v) is 5.14. The van der Waals surface area contributed by atoms with Crippen LogP contribution in [0.3, 0.4) is 0 Å². The van der Waals surface area contributed by atoms with Crippen LogP contribution in [0.5, 0.6) is 0 Å². The first kappa shape index (κ1) is 16.3. The van der Waals surface area contributed by atoms with Crippen molar-refractivity contribution < 1.29 is 4.74 Å². The summed E-state index contributed by atoms with van der Waals surface area (Å²) in [5, 5.41) is 17.9. The summed E-state index contributed by atoms with van der Waals surface area (Å²) in [4.78, 5) is 3.97. The first-order valence-corrected chi connectivity index (χ1v) is 7.31. The molecule has 0 radical (unpaired) electrons. The summed E-state index contributed by atoms with van der Waals surface area (Å²) in [6.07, 6.45) is 6.68. The molecule has 0 amide bonds. The largest absolute Gasteiger partial charge is 0.492 e. The molecule has 23 heavy (non-hydrogen) atoms. The predicted molar refractivity (Wildman–Crippen MR) is 89.4 cm³/mol. The molecule has 0 saturated carbocycles. The zero-order chi connectivity index (χ0) is 16.7. The fraction of sp³-hybridized carbons (Fsp3) is 0.211. The Kier molecular flexibility index (Phi) is 5.50. The lowest BCUT2D eigenvalue weighted by molar-refractivity contribution is 0.186. The Bertz CT molecular complexity index is 760. The van der Waals surface area contributed by atoms with E-state index in [1.165, 1.54) is 0 Å². The van der Waals surface area contributed by atoms with Crippen molar-refractivity contribution in [1.29, 1.82) is 10.5 Å². The first-order chi connectivity index (χ1) is 11.2. The molecule has 1 aromatic carbocycles. The molecule has 1 aliphatic heterocycles. The molecular formula is C19H17N3O. The van der Waals surface area contributed by atoms with Gasteiger partial charge in [-0.3, -0.25) is 0 Å². The maximum Gasteiger partial charge on any atom is 0.205 e. The van der Waals surface area contributed by atoms with Gasteiger partial charge in [-0.15, -0.1) is 0 Å². The summed E-state index contributed by atoms with van der Waals surface area (Å²) in [6, 6.07) is 9.67. The third-order valence-electron chi connectivity index (χ3n) is 3.77. The highest BCUT2D eigenvalue weighted by Crippen LogP contribution is 2.26. The molecule has 0 saturated heterocycles. The Morgan fingerprint density at radius 1 is 1.30 bits per heavy atom. The number of ether oxygens (including phenoxy) is 1. The summed E-state index contributed by atoms with van der Waals surface area (Å²) in [7, 11) is 0. The van der Waals surface area contributed by atoms with Gasteiger partial charge in [-0.2, -0.15) is 15.5 Å². The zero-order valence-electron chi connectivity index (χ0n) is 12.8. The highest BCUT2D eigenvalue weighted by molar-refractivity contribution is 6.06. The van der Waals surface area contributed by atoms with Gasteiger partial charge >= 0.3 is 0 Å². The Morgan fingerprint density at radius 3 is 2.78 bits per heavy atom. The van der Waals surface area contributed by atoms with E-state index in [0.717, 1.165) is 24.0 Å². The van der Waals surface area contributed by atoms with E-state index in [1.807, 2.05) is 24.4 Å². The van der Waals surface area contributed by atoms with E-state index in [1.54, 1.807) is 18.2 Å². The number of aliphatic imine (C=N–C) groups is 1. The van der Waals surface area contributed by atoms with Crippen LogP contribution >= 0.6 is 0 Å². The lowest BCUT2D eigenvalue weighted by Gasteiger charge is -2.26. The van der Waals surface area contributed by atoms with Crippen LogP contribution in [0.15, 0.2) is 65.9 Å². The van der Waals surface area contributed by atoms with Crippen molar-refractivity contribution in [3.05, 3.63) is 72.0 Å². The van der Waals surface area contributed by atoms with E-state index in [-0.39, 0.29) is 5.92 Å². The molecule has 0 fully saturated rings. The first-order valence-electron chi connectivity index (χ1n) is 7.31. The molecule has 0 aliphatic carbocycles. The van der Waals surface area contributed by atoms with Gasteiger partial charge in [0, 0.05) is 11.5 Å². The highest BCUT2D eigenvalue weighted by atomic mass is 16.5. The van der Waals surface area contributed by atoms with Crippen molar-refractivity contribution in [1.82, 2.24) is 0 Å². The van der Waals surface area contributed by atoms with Crippen molar-refractivity contribution in [3.8, 4) is 12.3 Å². The lowest BCUT2D eigenvalue weighted by Crippen LogP contribution is -2.28. The normalized spacial score (nSPS) is 18.7. The molecule has 1 atom stereocenters. The number of nitrogens with zero attached hydrogens (tertiary/aromatic N) is 3. The van der Waals surface area contributed by atoms with Crippen LogP contribution in [0.4, 0.5) is 0 Å². The Hall–Kier alpha value is -3.11. The molecule has 0 N–H and O–H groups in total. The highest BCUT2D eigenvalue weighted by Gasteiger charge is 2.26. The number of hydrogen-bond donors (Lipinski definition) is 0. The van der Waals surface area contributed by atoms with Crippen LogP contribution < -0.4 is 0 Å². The summed E-state index contributed by atoms with van der Waals surface area (Å²) in [5.41, 5.74) is 3.15. The summed E-state index contributed by atoms with van der Waals surface area (Å²) < 4.78 is 5.70. The lowest BCUT2D eigenvalue weighted by atomic mass is 9.88. The average molecular weight is 303 g/mol. The number of rotatable bonds is 5. The Morgan fingerprint density at radius 2 is 2.13 bits per heavy atom. The van der Waals surface area contributed by atoms with Gasteiger partial charge in [0.05, 0.1) is 24.0 Å². The van der Waals surface area contributed by atoms with Crippen LogP contribution in [0, 0.1) is 28.7 Å². The average Bonchev–Trinajstić information content (AvgIpc) is 2.60. The molecule has 0 aromatic heterocycles. The summed E-state index contributed by atoms with van der Waals surface area (Å²) >= 11 is 0. The van der Waals surface area contributed by atoms with E-state index in [4.69, 9.17) is 15.3 Å². The minimum atomic E-state index is 0.0112. The van der Waals surface area contributed by atoms with E-state index in [0.29, 0.717) is 23.6 Å². The SMILES string of the molecule is C=CC1=C(C=C)C(=NC#N)C(CCc2cccc(C#N)c2)CO1.